The minimum absolute atomic E-state index is 0.0678. The highest BCUT2D eigenvalue weighted by atomic mass is 19.1. The summed E-state index contributed by atoms with van der Waals surface area (Å²) in [4.78, 5) is 34.7. The molecule has 7 heteroatoms. The first kappa shape index (κ1) is 14.7. The standard InChI is InChI=1S/C14H12FNO5/c1-16-9-5-7(15)3-4-8(9)12(10(17)6-11(18)19)13(16)14(20)21-2/h3-5H,6H2,1-2H3,(H,18,19). The Morgan fingerprint density at radius 3 is 2.57 bits per heavy atom. The van der Waals surface area contributed by atoms with Crippen molar-refractivity contribution in [3.8, 4) is 0 Å². The third-order valence-corrected chi connectivity index (χ3v) is 3.13. The average molecular weight is 293 g/mol. The number of carbonyl (C=O) groups excluding carboxylic acids is 2. The number of hydrogen-bond donors (Lipinski definition) is 1. The number of benzene rings is 1. The quantitative estimate of drug-likeness (QED) is 0.527. The number of ether oxygens (including phenoxy) is 1. The number of nitrogens with zero attached hydrogens (tertiary/aromatic N) is 1. The fraction of sp³-hybridized carbons (Fsp3) is 0.214. The summed E-state index contributed by atoms with van der Waals surface area (Å²) < 4.78 is 19.3. The van der Waals surface area contributed by atoms with Gasteiger partial charge in [0.05, 0.1) is 18.2 Å². The van der Waals surface area contributed by atoms with Crippen LogP contribution < -0.4 is 0 Å². The van der Waals surface area contributed by atoms with Crippen molar-refractivity contribution in [3.63, 3.8) is 0 Å². The third kappa shape index (κ3) is 2.49. The molecule has 0 saturated carbocycles. The lowest BCUT2D eigenvalue weighted by Crippen LogP contribution is -2.15. The number of fused-ring (bicyclic) bond motifs is 1. The molecule has 2 aromatic rings. The number of halogens is 1. The van der Waals surface area contributed by atoms with Crippen molar-refractivity contribution in [2.45, 2.75) is 6.42 Å². The largest absolute Gasteiger partial charge is 0.481 e. The van der Waals surface area contributed by atoms with Crippen molar-refractivity contribution < 1.29 is 28.6 Å². The highest BCUT2D eigenvalue weighted by molar-refractivity contribution is 6.18. The van der Waals surface area contributed by atoms with Crippen LogP contribution in [0, 0.1) is 5.82 Å². The maximum absolute atomic E-state index is 13.3. The summed E-state index contributed by atoms with van der Waals surface area (Å²) in [5.41, 5.74) is 0.148. The molecule has 0 aliphatic carbocycles. The lowest BCUT2D eigenvalue weighted by molar-refractivity contribution is -0.135. The van der Waals surface area contributed by atoms with Gasteiger partial charge in [0, 0.05) is 12.4 Å². The molecule has 0 unspecified atom stereocenters. The van der Waals surface area contributed by atoms with E-state index in [-0.39, 0.29) is 11.3 Å². The molecule has 1 aromatic heterocycles. The molecule has 0 aliphatic rings. The van der Waals surface area contributed by atoms with Crippen LogP contribution in [-0.2, 0) is 16.6 Å². The Bertz CT molecular complexity index is 762. The summed E-state index contributed by atoms with van der Waals surface area (Å²) in [5, 5.41) is 9.06. The molecule has 0 spiro atoms. The van der Waals surface area contributed by atoms with E-state index in [0.717, 1.165) is 13.2 Å². The van der Waals surface area contributed by atoms with Gasteiger partial charge in [0.25, 0.3) is 0 Å². The molecule has 0 aliphatic heterocycles. The van der Waals surface area contributed by atoms with Gasteiger partial charge in [-0.3, -0.25) is 9.59 Å². The number of rotatable bonds is 4. The summed E-state index contributed by atoms with van der Waals surface area (Å²) in [6.07, 6.45) is -0.763. The molecule has 0 radical (unpaired) electrons. The summed E-state index contributed by atoms with van der Waals surface area (Å²) in [6, 6.07) is 3.65. The van der Waals surface area contributed by atoms with Crippen molar-refractivity contribution in [2.24, 2.45) is 7.05 Å². The molecule has 0 saturated heterocycles. The van der Waals surface area contributed by atoms with E-state index in [1.54, 1.807) is 0 Å². The van der Waals surface area contributed by atoms with Gasteiger partial charge in [-0.25, -0.2) is 9.18 Å². The number of carboxylic acid groups (broad SMARTS) is 1. The summed E-state index contributed by atoms with van der Waals surface area (Å²) in [6.45, 7) is 0. The number of aromatic nitrogens is 1. The van der Waals surface area contributed by atoms with Crippen LogP contribution in [0.3, 0.4) is 0 Å². The summed E-state index contributed by atoms with van der Waals surface area (Å²) in [7, 11) is 2.62. The van der Waals surface area contributed by atoms with Crippen molar-refractivity contribution in [1.82, 2.24) is 4.57 Å². The van der Waals surface area contributed by atoms with Crippen LogP contribution in [0.4, 0.5) is 4.39 Å². The molecule has 110 valence electrons. The Morgan fingerprint density at radius 1 is 1.33 bits per heavy atom. The molecule has 0 fully saturated rings. The average Bonchev–Trinajstić information content (AvgIpc) is 2.70. The number of carbonyl (C=O) groups is 3. The smallest absolute Gasteiger partial charge is 0.355 e. The Balaban J connectivity index is 2.79. The lowest BCUT2D eigenvalue weighted by atomic mass is 10.0. The highest BCUT2D eigenvalue weighted by Crippen LogP contribution is 2.28. The Morgan fingerprint density at radius 2 is 2.00 bits per heavy atom. The van der Waals surface area contributed by atoms with Crippen LogP contribution in [0.25, 0.3) is 10.9 Å². The number of carboxylic acids is 1. The van der Waals surface area contributed by atoms with Crippen molar-refractivity contribution in [2.75, 3.05) is 7.11 Å². The highest BCUT2D eigenvalue weighted by Gasteiger charge is 2.27. The van der Waals surface area contributed by atoms with E-state index in [9.17, 15) is 18.8 Å². The maximum atomic E-state index is 13.3. The Labute approximate surface area is 118 Å². The number of aryl methyl sites for hydroxylation is 1. The number of Topliss-reactive ketones (excluding diaryl/α,β-unsaturated/α-hetero) is 1. The molecule has 0 amide bonds. The third-order valence-electron chi connectivity index (χ3n) is 3.13. The second-order valence-corrected chi connectivity index (χ2v) is 4.43. The zero-order valence-electron chi connectivity index (χ0n) is 11.3. The second-order valence-electron chi connectivity index (χ2n) is 4.43. The van der Waals surface area contributed by atoms with Crippen molar-refractivity contribution >= 4 is 28.6 Å². The van der Waals surface area contributed by atoms with Gasteiger partial charge in [0.1, 0.15) is 17.9 Å². The molecular weight excluding hydrogens is 281 g/mol. The van der Waals surface area contributed by atoms with Gasteiger partial charge in [-0.15, -0.1) is 0 Å². The van der Waals surface area contributed by atoms with Crippen molar-refractivity contribution in [3.05, 3.63) is 35.3 Å². The van der Waals surface area contributed by atoms with E-state index in [4.69, 9.17) is 5.11 Å². The number of ketones is 1. The predicted molar refractivity (Wildman–Crippen MR) is 70.8 cm³/mol. The van der Waals surface area contributed by atoms with Gasteiger partial charge < -0.3 is 14.4 Å². The van der Waals surface area contributed by atoms with E-state index in [0.29, 0.717) is 10.9 Å². The molecule has 2 rings (SSSR count). The van der Waals surface area contributed by atoms with Gasteiger partial charge in [-0.1, -0.05) is 0 Å². The molecular formula is C14H12FNO5. The van der Waals surface area contributed by atoms with Gasteiger partial charge in [-0.05, 0) is 18.2 Å². The Hall–Kier alpha value is -2.70. The SMILES string of the molecule is COC(=O)c1c(C(=O)CC(=O)O)c2ccc(F)cc2n1C. The zero-order valence-corrected chi connectivity index (χ0v) is 11.3. The zero-order chi connectivity index (χ0) is 15.7. The molecule has 1 heterocycles. The van der Waals surface area contributed by atoms with Crippen LogP contribution in [-0.4, -0.2) is 34.5 Å². The first-order valence-electron chi connectivity index (χ1n) is 5.98. The van der Waals surface area contributed by atoms with E-state index in [1.165, 1.54) is 23.7 Å². The second kappa shape index (κ2) is 5.35. The van der Waals surface area contributed by atoms with Gasteiger partial charge >= 0.3 is 11.9 Å². The monoisotopic (exact) mass is 293 g/mol. The normalized spacial score (nSPS) is 10.6. The van der Waals surface area contributed by atoms with E-state index < -0.39 is 30.0 Å². The Kier molecular flexibility index (Phi) is 3.75. The fourth-order valence-electron chi connectivity index (χ4n) is 2.25. The van der Waals surface area contributed by atoms with Gasteiger partial charge in [-0.2, -0.15) is 0 Å². The van der Waals surface area contributed by atoms with Crippen LogP contribution in [0.5, 0.6) is 0 Å². The first-order valence-corrected chi connectivity index (χ1v) is 5.98. The maximum Gasteiger partial charge on any atom is 0.355 e. The molecule has 1 N–H and O–H groups in total. The lowest BCUT2D eigenvalue weighted by Gasteiger charge is -2.04. The van der Waals surface area contributed by atoms with E-state index in [2.05, 4.69) is 4.74 Å². The van der Waals surface area contributed by atoms with Crippen LogP contribution in [0.15, 0.2) is 18.2 Å². The number of hydrogen-bond acceptors (Lipinski definition) is 4. The number of esters is 1. The fourth-order valence-corrected chi connectivity index (χ4v) is 2.25. The minimum atomic E-state index is -1.31. The van der Waals surface area contributed by atoms with Gasteiger partial charge in [0.2, 0.25) is 0 Å². The topological polar surface area (TPSA) is 85.6 Å². The summed E-state index contributed by atoms with van der Waals surface area (Å²) in [5.74, 6) is -3.37. The molecule has 0 atom stereocenters. The molecule has 21 heavy (non-hydrogen) atoms. The van der Waals surface area contributed by atoms with Gasteiger partial charge in [0.15, 0.2) is 5.78 Å². The molecule has 0 bridgehead atoms. The molecule has 1 aromatic carbocycles. The first-order chi connectivity index (χ1) is 9.86. The van der Waals surface area contributed by atoms with Crippen LogP contribution in [0.1, 0.15) is 27.3 Å². The van der Waals surface area contributed by atoms with Crippen molar-refractivity contribution in [1.29, 1.82) is 0 Å². The van der Waals surface area contributed by atoms with E-state index in [1.807, 2.05) is 0 Å². The number of methoxy groups -OCH3 is 1. The van der Waals surface area contributed by atoms with E-state index >= 15 is 0 Å². The van der Waals surface area contributed by atoms with Crippen LogP contribution >= 0.6 is 0 Å². The number of aliphatic carboxylic acids is 1. The van der Waals surface area contributed by atoms with Crippen LogP contribution in [0.2, 0.25) is 0 Å². The molecule has 6 nitrogen and oxygen atoms in total. The predicted octanol–water partition coefficient (Wildman–Crippen LogP) is 1.76. The summed E-state index contributed by atoms with van der Waals surface area (Å²) >= 11 is 0. The minimum Gasteiger partial charge on any atom is -0.481 e.